The number of rotatable bonds is 3. The van der Waals surface area contributed by atoms with Gasteiger partial charge in [-0.2, -0.15) is 0 Å². The fourth-order valence-electron chi connectivity index (χ4n) is 3.19. The lowest BCUT2D eigenvalue weighted by Gasteiger charge is -2.31. The quantitative estimate of drug-likeness (QED) is 0.756. The van der Waals surface area contributed by atoms with Gasteiger partial charge < -0.3 is 15.5 Å². The average Bonchev–Trinajstić information content (AvgIpc) is 2.67. The van der Waals surface area contributed by atoms with Gasteiger partial charge in [-0.05, 0) is 12.1 Å². The van der Waals surface area contributed by atoms with Crippen molar-refractivity contribution < 1.29 is 8.91 Å². The van der Waals surface area contributed by atoms with E-state index >= 15 is 0 Å². The molecule has 2 N–H and O–H groups in total. The molecule has 7 nitrogen and oxygen atoms in total. The molecule has 1 aliphatic heterocycles. The molecule has 3 aromatic rings. The third-order valence-corrected chi connectivity index (χ3v) is 4.32. The van der Waals surface area contributed by atoms with Gasteiger partial charge in [-0.3, -0.25) is 9.78 Å². The molecule has 0 aliphatic carbocycles. The number of nitrogens with one attached hydrogen (secondary N) is 2. The first kappa shape index (κ1) is 12.8. The fraction of sp³-hybridized carbons (Fsp3) is 0.158. The molecule has 0 bridgehead atoms. The Labute approximate surface area is 155 Å². The normalized spacial score (nSPS) is 14.3. The Balaban J connectivity index is 1.74. The van der Waals surface area contributed by atoms with E-state index < -0.39 is 12.9 Å². The molecule has 0 fully saturated rings. The Morgan fingerprint density at radius 3 is 3.04 bits per heavy atom. The van der Waals surface area contributed by atoms with Crippen molar-refractivity contribution in [2.75, 3.05) is 24.2 Å². The number of benzene rings is 1. The van der Waals surface area contributed by atoms with Gasteiger partial charge in [0.05, 0.1) is 28.3 Å². The highest BCUT2D eigenvalue weighted by Crippen LogP contribution is 2.42. The van der Waals surface area contributed by atoms with Gasteiger partial charge in [0, 0.05) is 54.4 Å². The van der Waals surface area contributed by atoms with E-state index in [1.54, 1.807) is 6.07 Å². The highest BCUT2D eigenvalue weighted by Gasteiger charge is 2.24. The van der Waals surface area contributed by atoms with Crippen LogP contribution in [0, 0.1) is 0 Å². The number of para-hydroxylation sites is 1. The minimum absolute atomic E-state index is 0.141. The largest absolute Gasteiger partial charge is 0.368 e. The summed E-state index contributed by atoms with van der Waals surface area (Å²) in [6.45, 7) is -1.94. The zero-order valence-electron chi connectivity index (χ0n) is 17.0. The van der Waals surface area contributed by atoms with E-state index in [2.05, 4.69) is 25.2 Å². The van der Waals surface area contributed by atoms with Gasteiger partial charge in [0.2, 0.25) is 0 Å². The molecule has 0 unspecified atom stereocenters. The number of hydrogen-bond acceptors (Lipinski definition) is 6. The molecule has 0 spiro atoms. The van der Waals surface area contributed by atoms with Gasteiger partial charge in [0.1, 0.15) is 6.33 Å². The van der Waals surface area contributed by atoms with Gasteiger partial charge in [-0.1, -0.05) is 12.1 Å². The SMILES string of the molecule is [2H]C([2H])([2H])NC(=O)c1cnccc1Nc1cccc2c1N(C)Cc1cncnc1-2. The van der Waals surface area contributed by atoms with E-state index in [0.717, 1.165) is 28.2 Å². The third-order valence-electron chi connectivity index (χ3n) is 4.32. The number of pyridine rings is 1. The van der Waals surface area contributed by atoms with Crippen molar-refractivity contribution in [3.63, 3.8) is 0 Å². The lowest BCUT2D eigenvalue weighted by Crippen LogP contribution is -2.24. The molecule has 1 aliphatic rings. The van der Waals surface area contributed by atoms with Crippen LogP contribution in [0.15, 0.2) is 49.2 Å². The maximum Gasteiger partial charge on any atom is 0.254 e. The first-order chi connectivity index (χ1) is 13.8. The number of aromatic nitrogens is 3. The Morgan fingerprint density at radius 2 is 2.15 bits per heavy atom. The standard InChI is InChI=1S/C19H18N6O/c1-20-19(26)14-9-21-7-6-15(14)24-16-5-3-4-13-17-12(8-22-11-23-17)10-25(2)18(13)16/h3-9,11H,10H2,1-2H3,(H,20,26)(H,21,24)/i1D3. The predicted octanol–water partition coefficient (Wildman–Crippen LogP) is 2.59. The second kappa shape index (κ2) is 6.44. The summed E-state index contributed by atoms with van der Waals surface area (Å²) in [6, 6.07) is 7.41. The molecule has 1 amide bonds. The molecule has 0 saturated carbocycles. The van der Waals surface area contributed by atoms with Crippen LogP contribution < -0.4 is 15.5 Å². The van der Waals surface area contributed by atoms with Gasteiger partial charge >= 0.3 is 0 Å². The topological polar surface area (TPSA) is 83.0 Å². The maximum atomic E-state index is 12.4. The van der Waals surface area contributed by atoms with Crippen LogP contribution in [-0.2, 0) is 6.54 Å². The van der Waals surface area contributed by atoms with E-state index in [9.17, 15) is 4.79 Å². The molecular weight excluding hydrogens is 328 g/mol. The van der Waals surface area contributed by atoms with Crippen LogP contribution in [0.25, 0.3) is 11.3 Å². The molecule has 0 saturated heterocycles. The number of carbonyl (C=O) groups excluding carboxylic acids is 1. The molecule has 0 atom stereocenters. The predicted molar refractivity (Wildman–Crippen MR) is 100 cm³/mol. The van der Waals surface area contributed by atoms with Crippen molar-refractivity contribution >= 4 is 23.0 Å². The van der Waals surface area contributed by atoms with Crippen molar-refractivity contribution in [2.24, 2.45) is 0 Å². The lowest BCUT2D eigenvalue weighted by atomic mass is 9.98. The molecule has 0 radical (unpaired) electrons. The molecule has 26 heavy (non-hydrogen) atoms. The Hall–Kier alpha value is -3.48. The number of carbonyl (C=O) groups is 1. The van der Waals surface area contributed by atoms with E-state index in [-0.39, 0.29) is 5.56 Å². The summed E-state index contributed by atoms with van der Waals surface area (Å²) < 4.78 is 21.8. The molecule has 1 aromatic carbocycles. The minimum Gasteiger partial charge on any atom is -0.368 e. The zero-order valence-corrected chi connectivity index (χ0v) is 14.0. The number of amides is 1. The number of hydrogen-bond donors (Lipinski definition) is 2. The molecule has 3 heterocycles. The molecule has 2 aromatic heterocycles. The first-order valence-corrected chi connectivity index (χ1v) is 8.00. The zero-order chi connectivity index (χ0) is 20.6. The second-order valence-corrected chi connectivity index (χ2v) is 5.95. The Morgan fingerprint density at radius 1 is 1.23 bits per heavy atom. The Bertz CT molecular complexity index is 1090. The third kappa shape index (κ3) is 2.63. The van der Waals surface area contributed by atoms with Crippen LogP contribution in [0.5, 0.6) is 0 Å². The fourth-order valence-corrected chi connectivity index (χ4v) is 3.19. The smallest absolute Gasteiger partial charge is 0.254 e. The van der Waals surface area contributed by atoms with Gasteiger partial charge in [0.25, 0.3) is 5.91 Å². The number of nitrogens with zero attached hydrogens (tertiary/aromatic N) is 4. The van der Waals surface area contributed by atoms with Gasteiger partial charge in [-0.15, -0.1) is 0 Å². The highest BCUT2D eigenvalue weighted by atomic mass is 16.1. The minimum atomic E-state index is -2.58. The average molecular weight is 349 g/mol. The number of fused-ring (bicyclic) bond motifs is 3. The summed E-state index contributed by atoms with van der Waals surface area (Å²) in [7, 11) is 1.97. The molecule has 4 rings (SSSR count). The number of anilines is 3. The summed E-state index contributed by atoms with van der Waals surface area (Å²) in [5.41, 5.74) is 5.14. The molecular formula is C19H18N6O. The van der Waals surface area contributed by atoms with Crippen molar-refractivity contribution in [3.05, 3.63) is 60.3 Å². The summed E-state index contributed by atoms with van der Waals surface area (Å²) in [5, 5.41) is 5.26. The summed E-state index contributed by atoms with van der Waals surface area (Å²) in [4.78, 5) is 27.0. The van der Waals surface area contributed by atoms with E-state index in [1.165, 1.54) is 18.7 Å². The lowest BCUT2D eigenvalue weighted by molar-refractivity contribution is 0.0963. The van der Waals surface area contributed by atoms with E-state index in [1.807, 2.05) is 36.8 Å². The van der Waals surface area contributed by atoms with Crippen LogP contribution in [0.4, 0.5) is 17.1 Å². The Kier molecular flexibility index (Phi) is 3.17. The van der Waals surface area contributed by atoms with Crippen LogP contribution in [0.1, 0.15) is 20.0 Å². The van der Waals surface area contributed by atoms with Crippen molar-refractivity contribution in [3.8, 4) is 11.3 Å². The molecule has 7 heteroatoms. The van der Waals surface area contributed by atoms with Gasteiger partial charge in [-0.25, -0.2) is 9.97 Å². The molecule has 130 valence electrons. The van der Waals surface area contributed by atoms with Crippen LogP contribution in [0.2, 0.25) is 0 Å². The maximum absolute atomic E-state index is 12.4. The highest BCUT2D eigenvalue weighted by molar-refractivity contribution is 6.01. The monoisotopic (exact) mass is 349 g/mol. The van der Waals surface area contributed by atoms with Crippen molar-refractivity contribution in [1.82, 2.24) is 20.3 Å². The van der Waals surface area contributed by atoms with Crippen LogP contribution >= 0.6 is 0 Å². The van der Waals surface area contributed by atoms with Crippen molar-refractivity contribution in [1.29, 1.82) is 0 Å². The van der Waals surface area contributed by atoms with Crippen LogP contribution in [-0.4, -0.2) is 34.9 Å². The van der Waals surface area contributed by atoms with Crippen molar-refractivity contribution in [2.45, 2.75) is 6.54 Å². The second-order valence-electron chi connectivity index (χ2n) is 5.95. The summed E-state index contributed by atoms with van der Waals surface area (Å²) in [5.74, 6) is -0.725. The van der Waals surface area contributed by atoms with Crippen LogP contribution in [0.3, 0.4) is 0 Å². The first-order valence-electron chi connectivity index (χ1n) is 9.50. The van der Waals surface area contributed by atoms with E-state index in [0.29, 0.717) is 12.2 Å². The van der Waals surface area contributed by atoms with E-state index in [4.69, 9.17) is 4.11 Å². The van der Waals surface area contributed by atoms with Gasteiger partial charge in [0.15, 0.2) is 0 Å². The summed E-state index contributed by atoms with van der Waals surface area (Å²) in [6.07, 6.45) is 6.21. The summed E-state index contributed by atoms with van der Waals surface area (Å²) >= 11 is 0.